The SMILES string of the molecule is C=CCCNS(=O)(=O)CC(=O)OC. The number of methoxy groups -OCH3 is 1. The minimum Gasteiger partial charge on any atom is -0.468 e. The Hall–Kier alpha value is -0.880. The third-order valence-corrected chi connectivity index (χ3v) is 2.47. The standard InChI is InChI=1S/C7H13NO4S/c1-3-4-5-8-13(10,11)6-7(9)12-2/h3,8H,1,4-6H2,2H3. The molecule has 0 atom stereocenters. The van der Waals surface area contributed by atoms with Crippen molar-refractivity contribution in [2.45, 2.75) is 6.42 Å². The van der Waals surface area contributed by atoms with E-state index >= 15 is 0 Å². The van der Waals surface area contributed by atoms with Crippen LogP contribution < -0.4 is 4.72 Å². The van der Waals surface area contributed by atoms with Gasteiger partial charge in [0.05, 0.1) is 7.11 Å². The van der Waals surface area contributed by atoms with Crippen LogP contribution in [0.4, 0.5) is 0 Å². The monoisotopic (exact) mass is 207 g/mol. The molecule has 13 heavy (non-hydrogen) atoms. The first-order valence-corrected chi connectivity index (χ1v) is 5.32. The molecule has 0 aliphatic carbocycles. The number of nitrogens with one attached hydrogen (secondary N) is 1. The van der Waals surface area contributed by atoms with Crippen LogP contribution >= 0.6 is 0 Å². The van der Waals surface area contributed by atoms with Gasteiger partial charge >= 0.3 is 5.97 Å². The summed E-state index contributed by atoms with van der Waals surface area (Å²) in [5.41, 5.74) is 0. The van der Waals surface area contributed by atoms with Crippen LogP contribution in [0.1, 0.15) is 6.42 Å². The number of esters is 1. The van der Waals surface area contributed by atoms with Gasteiger partial charge in [-0.25, -0.2) is 13.1 Å². The van der Waals surface area contributed by atoms with Gasteiger partial charge in [-0.1, -0.05) is 6.08 Å². The third-order valence-electron chi connectivity index (χ3n) is 1.21. The molecule has 0 aromatic heterocycles. The van der Waals surface area contributed by atoms with Crippen LogP contribution in [0.25, 0.3) is 0 Å². The van der Waals surface area contributed by atoms with Crippen molar-refractivity contribution >= 4 is 16.0 Å². The van der Waals surface area contributed by atoms with Crippen molar-refractivity contribution in [3.63, 3.8) is 0 Å². The highest BCUT2D eigenvalue weighted by molar-refractivity contribution is 7.90. The van der Waals surface area contributed by atoms with Gasteiger partial charge in [-0.15, -0.1) is 6.58 Å². The van der Waals surface area contributed by atoms with Crippen molar-refractivity contribution < 1.29 is 17.9 Å². The van der Waals surface area contributed by atoms with E-state index in [2.05, 4.69) is 16.0 Å². The summed E-state index contributed by atoms with van der Waals surface area (Å²) in [5, 5.41) is 0. The molecule has 0 radical (unpaired) electrons. The summed E-state index contributed by atoms with van der Waals surface area (Å²) in [4.78, 5) is 10.6. The number of carbonyl (C=O) groups excluding carboxylic acids is 1. The number of sulfonamides is 1. The first-order valence-electron chi connectivity index (χ1n) is 3.67. The molecule has 0 amide bonds. The zero-order valence-corrected chi connectivity index (χ0v) is 8.26. The van der Waals surface area contributed by atoms with E-state index in [1.807, 2.05) is 0 Å². The lowest BCUT2D eigenvalue weighted by molar-refractivity contribution is -0.137. The van der Waals surface area contributed by atoms with Crippen LogP contribution in [-0.4, -0.2) is 33.8 Å². The molecule has 76 valence electrons. The van der Waals surface area contributed by atoms with Gasteiger partial charge in [0, 0.05) is 6.54 Å². The molecular weight excluding hydrogens is 194 g/mol. The van der Waals surface area contributed by atoms with Gasteiger partial charge in [-0.2, -0.15) is 0 Å². The quantitative estimate of drug-likeness (QED) is 0.367. The zero-order chi connectivity index (χ0) is 10.3. The fourth-order valence-electron chi connectivity index (χ4n) is 0.582. The number of carbonyl (C=O) groups is 1. The van der Waals surface area contributed by atoms with Crippen LogP contribution in [0.3, 0.4) is 0 Å². The van der Waals surface area contributed by atoms with Crippen LogP contribution in [0.2, 0.25) is 0 Å². The molecule has 0 saturated heterocycles. The maximum atomic E-state index is 11.0. The Balaban J connectivity index is 3.94. The van der Waals surface area contributed by atoms with Gasteiger partial charge in [0.25, 0.3) is 0 Å². The summed E-state index contributed by atoms with van der Waals surface area (Å²) < 4.78 is 28.5. The minimum atomic E-state index is -3.54. The molecule has 0 bridgehead atoms. The molecule has 0 saturated carbocycles. The van der Waals surface area contributed by atoms with E-state index in [-0.39, 0.29) is 6.54 Å². The van der Waals surface area contributed by atoms with E-state index in [4.69, 9.17) is 0 Å². The molecule has 0 fully saturated rings. The average molecular weight is 207 g/mol. The van der Waals surface area contributed by atoms with E-state index in [1.54, 1.807) is 6.08 Å². The largest absolute Gasteiger partial charge is 0.468 e. The van der Waals surface area contributed by atoms with Crippen LogP contribution in [-0.2, 0) is 19.6 Å². The van der Waals surface area contributed by atoms with Crippen molar-refractivity contribution in [2.24, 2.45) is 0 Å². The maximum Gasteiger partial charge on any atom is 0.322 e. The van der Waals surface area contributed by atoms with Crippen molar-refractivity contribution in [3.8, 4) is 0 Å². The molecule has 0 rings (SSSR count). The Morgan fingerprint density at radius 2 is 2.23 bits per heavy atom. The van der Waals surface area contributed by atoms with Gasteiger partial charge in [-0.05, 0) is 6.42 Å². The molecule has 0 heterocycles. The molecule has 0 aromatic rings. The number of rotatable bonds is 6. The van der Waals surface area contributed by atoms with Gasteiger partial charge in [0.2, 0.25) is 10.0 Å². The third kappa shape index (κ3) is 6.30. The summed E-state index contributed by atoms with van der Waals surface area (Å²) in [5.74, 6) is -1.41. The van der Waals surface area contributed by atoms with Gasteiger partial charge in [-0.3, -0.25) is 4.79 Å². The average Bonchev–Trinajstić information content (AvgIpc) is 2.03. The maximum absolute atomic E-state index is 11.0. The predicted octanol–water partition coefficient (Wildman–Crippen LogP) is -0.345. The highest BCUT2D eigenvalue weighted by Gasteiger charge is 2.15. The molecule has 0 aliphatic heterocycles. The minimum absolute atomic E-state index is 0.253. The molecule has 0 unspecified atom stereocenters. The Bertz CT molecular complexity index is 270. The lowest BCUT2D eigenvalue weighted by Crippen LogP contribution is -2.31. The van der Waals surface area contributed by atoms with E-state index in [1.165, 1.54) is 0 Å². The first kappa shape index (κ1) is 12.1. The highest BCUT2D eigenvalue weighted by Crippen LogP contribution is 1.87. The van der Waals surface area contributed by atoms with Crippen LogP contribution in [0, 0.1) is 0 Å². The fourth-order valence-corrected chi connectivity index (χ4v) is 1.54. The number of hydrogen-bond acceptors (Lipinski definition) is 4. The topological polar surface area (TPSA) is 72.5 Å². The van der Waals surface area contributed by atoms with Crippen LogP contribution in [0.5, 0.6) is 0 Å². The van der Waals surface area contributed by atoms with Crippen molar-refractivity contribution in [1.29, 1.82) is 0 Å². The van der Waals surface area contributed by atoms with E-state index in [0.29, 0.717) is 6.42 Å². The predicted molar refractivity (Wildman–Crippen MR) is 48.6 cm³/mol. The summed E-state index contributed by atoms with van der Waals surface area (Å²) in [6, 6.07) is 0. The van der Waals surface area contributed by atoms with Crippen molar-refractivity contribution in [2.75, 3.05) is 19.4 Å². The van der Waals surface area contributed by atoms with Crippen molar-refractivity contribution in [3.05, 3.63) is 12.7 Å². The van der Waals surface area contributed by atoms with E-state index in [0.717, 1.165) is 7.11 Å². The normalized spacial score (nSPS) is 10.8. The van der Waals surface area contributed by atoms with Crippen LogP contribution in [0.15, 0.2) is 12.7 Å². The molecule has 5 nitrogen and oxygen atoms in total. The second-order valence-corrected chi connectivity index (χ2v) is 4.11. The molecular formula is C7H13NO4S. The van der Waals surface area contributed by atoms with E-state index in [9.17, 15) is 13.2 Å². The Morgan fingerprint density at radius 1 is 1.62 bits per heavy atom. The van der Waals surface area contributed by atoms with E-state index < -0.39 is 21.7 Å². The Labute approximate surface area is 77.8 Å². The summed E-state index contributed by atoms with van der Waals surface area (Å²) >= 11 is 0. The second kappa shape index (κ2) is 5.71. The molecule has 0 spiro atoms. The van der Waals surface area contributed by atoms with Crippen molar-refractivity contribution in [1.82, 2.24) is 4.72 Å². The first-order chi connectivity index (χ1) is 6.02. The molecule has 6 heteroatoms. The molecule has 1 N–H and O–H groups in total. The number of ether oxygens (including phenoxy) is 1. The molecule has 0 aromatic carbocycles. The summed E-state index contributed by atoms with van der Waals surface area (Å²) in [6.07, 6.45) is 2.11. The summed E-state index contributed by atoms with van der Waals surface area (Å²) in [7, 11) is -2.40. The highest BCUT2D eigenvalue weighted by atomic mass is 32.2. The lowest BCUT2D eigenvalue weighted by Gasteiger charge is -2.03. The van der Waals surface area contributed by atoms with Gasteiger partial charge in [0.1, 0.15) is 0 Å². The Kier molecular flexibility index (Phi) is 5.33. The zero-order valence-electron chi connectivity index (χ0n) is 7.45. The summed E-state index contributed by atoms with van der Waals surface area (Å²) in [6.45, 7) is 3.68. The Morgan fingerprint density at radius 3 is 2.69 bits per heavy atom. The second-order valence-electron chi connectivity index (χ2n) is 2.31. The lowest BCUT2D eigenvalue weighted by atomic mass is 10.4. The fraction of sp³-hybridized carbons (Fsp3) is 0.571. The van der Waals surface area contributed by atoms with Gasteiger partial charge < -0.3 is 4.74 Å². The number of hydrogen-bond donors (Lipinski definition) is 1. The molecule has 0 aliphatic rings. The van der Waals surface area contributed by atoms with Gasteiger partial charge in [0.15, 0.2) is 5.75 Å². The smallest absolute Gasteiger partial charge is 0.322 e.